The molecule has 0 bridgehead atoms. The molecule has 0 aliphatic carbocycles. The smallest absolute Gasteiger partial charge is 0.273 e. The summed E-state index contributed by atoms with van der Waals surface area (Å²) in [5.74, 6) is -0.118. The van der Waals surface area contributed by atoms with Crippen molar-refractivity contribution in [3.05, 3.63) is 48.0 Å². The quantitative estimate of drug-likeness (QED) is 0.778. The maximum atomic E-state index is 13.2. The first kappa shape index (κ1) is 12.4. The van der Waals surface area contributed by atoms with E-state index in [1.807, 2.05) is 0 Å². The summed E-state index contributed by atoms with van der Waals surface area (Å²) in [5, 5.41) is 7.62. The van der Waals surface area contributed by atoms with Gasteiger partial charge in [-0.15, -0.1) is 0 Å². The predicted octanol–water partition coefficient (Wildman–Crippen LogP) is 2.30. The molecule has 6 heteroatoms. The fraction of sp³-hybridized carbons (Fsp3) is 0.143. The van der Waals surface area contributed by atoms with Crippen molar-refractivity contribution in [3.8, 4) is 0 Å². The Bertz CT molecular complexity index is 803. The standard InChI is InChI=1S/C14H13FN4O/c1-18-6-5-13(17-18)16-14(20)12-7-9-3-4-10(15)8-11(9)19(12)2/h3-8H,1-2H3,(H,16,17,20). The summed E-state index contributed by atoms with van der Waals surface area (Å²) in [6.45, 7) is 0. The number of carbonyl (C=O) groups is 1. The summed E-state index contributed by atoms with van der Waals surface area (Å²) in [7, 11) is 3.50. The van der Waals surface area contributed by atoms with Crippen LogP contribution in [-0.2, 0) is 14.1 Å². The van der Waals surface area contributed by atoms with Gasteiger partial charge in [0.2, 0.25) is 0 Å². The summed E-state index contributed by atoms with van der Waals surface area (Å²) in [6.07, 6.45) is 1.74. The molecule has 0 aliphatic heterocycles. The lowest BCUT2D eigenvalue weighted by molar-refractivity contribution is 0.101. The Balaban J connectivity index is 1.97. The van der Waals surface area contributed by atoms with E-state index in [1.54, 1.807) is 47.7 Å². The lowest BCUT2D eigenvalue weighted by atomic mass is 10.2. The summed E-state index contributed by atoms with van der Waals surface area (Å²) in [4.78, 5) is 12.2. The van der Waals surface area contributed by atoms with Crippen LogP contribution >= 0.6 is 0 Å². The highest BCUT2D eigenvalue weighted by molar-refractivity contribution is 6.05. The number of aryl methyl sites for hydroxylation is 2. The van der Waals surface area contributed by atoms with E-state index in [1.165, 1.54) is 12.1 Å². The van der Waals surface area contributed by atoms with Crippen molar-refractivity contribution >= 4 is 22.6 Å². The molecule has 0 saturated heterocycles. The largest absolute Gasteiger partial charge is 0.340 e. The van der Waals surface area contributed by atoms with Crippen LogP contribution in [0.5, 0.6) is 0 Å². The predicted molar refractivity (Wildman–Crippen MR) is 74.0 cm³/mol. The van der Waals surface area contributed by atoms with Gasteiger partial charge in [0.1, 0.15) is 11.5 Å². The number of hydrogen-bond acceptors (Lipinski definition) is 2. The van der Waals surface area contributed by atoms with Gasteiger partial charge in [-0.25, -0.2) is 4.39 Å². The third-order valence-corrected chi connectivity index (χ3v) is 3.20. The van der Waals surface area contributed by atoms with E-state index in [2.05, 4.69) is 10.4 Å². The zero-order valence-electron chi connectivity index (χ0n) is 11.1. The molecule has 3 aromatic rings. The summed E-state index contributed by atoms with van der Waals surface area (Å²) in [6, 6.07) is 7.88. The molecule has 0 spiro atoms. The highest BCUT2D eigenvalue weighted by Crippen LogP contribution is 2.20. The molecule has 20 heavy (non-hydrogen) atoms. The Hall–Kier alpha value is -2.63. The van der Waals surface area contributed by atoms with Crippen LogP contribution in [0.2, 0.25) is 0 Å². The van der Waals surface area contributed by atoms with E-state index in [0.717, 1.165) is 5.39 Å². The van der Waals surface area contributed by atoms with Crippen LogP contribution in [0.4, 0.5) is 10.2 Å². The molecule has 1 aromatic carbocycles. The van der Waals surface area contributed by atoms with Crippen LogP contribution in [0.1, 0.15) is 10.5 Å². The van der Waals surface area contributed by atoms with Gasteiger partial charge in [0.15, 0.2) is 5.82 Å². The summed E-state index contributed by atoms with van der Waals surface area (Å²) >= 11 is 0. The van der Waals surface area contributed by atoms with E-state index < -0.39 is 0 Å². The van der Waals surface area contributed by atoms with Gasteiger partial charge in [0.25, 0.3) is 5.91 Å². The first-order valence-corrected chi connectivity index (χ1v) is 6.10. The third-order valence-electron chi connectivity index (χ3n) is 3.20. The Morgan fingerprint density at radius 3 is 2.75 bits per heavy atom. The third kappa shape index (κ3) is 2.05. The van der Waals surface area contributed by atoms with Gasteiger partial charge in [-0.05, 0) is 24.3 Å². The van der Waals surface area contributed by atoms with Crippen molar-refractivity contribution in [2.75, 3.05) is 5.32 Å². The second-order valence-corrected chi connectivity index (χ2v) is 4.62. The van der Waals surface area contributed by atoms with Crippen LogP contribution in [0.3, 0.4) is 0 Å². The van der Waals surface area contributed by atoms with Gasteiger partial charge in [0, 0.05) is 31.7 Å². The van der Waals surface area contributed by atoms with Crippen molar-refractivity contribution < 1.29 is 9.18 Å². The summed E-state index contributed by atoms with van der Waals surface area (Å²) < 4.78 is 16.5. The van der Waals surface area contributed by atoms with Gasteiger partial charge in [-0.3, -0.25) is 9.48 Å². The minimum Gasteiger partial charge on any atom is -0.340 e. The number of benzene rings is 1. The highest BCUT2D eigenvalue weighted by atomic mass is 19.1. The highest BCUT2D eigenvalue weighted by Gasteiger charge is 2.14. The average molecular weight is 272 g/mol. The lowest BCUT2D eigenvalue weighted by Crippen LogP contribution is -2.16. The van der Waals surface area contributed by atoms with Crippen LogP contribution < -0.4 is 5.32 Å². The molecule has 0 fully saturated rings. The molecule has 0 aliphatic rings. The number of carbonyl (C=O) groups excluding carboxylic acids is 1. The van der Waals surface area contributed by atoms with E-state index in [4.69, 9.17) is 0 Å². The van der Waals surface area contributed by atoms with Crippen molar-refractivity contribution in [1.82, 2.24) is 14.3 Å². The van der Waals surface area contributed by atoms with Crippen LogP contribution in [0, 0.1) is 5.82 Å². The lowest BCUT2D eigenvalue weighted by Gasteiger charge is -2.04. The molecule has 0 radical (unpaired) electrons. The van der Waals surface area contributed by atoms with Crippen LogP contribution in [-0.4, -0.2) is 20.3 Å². The van der Waals surface area contributed by atoms with E-state index >= 15 is 0 Å². The number of nitrogens with zero attached hydrogens (tertiary/aromatic N) is 3. The second-order valence-electron chi connectivity index (χ2n) is 4.62. The molecular weight excluding hydrogens is 259 g/mol. The molecule has 0 saturated carbocycles. The number of amides is 1. The zero-order valence-corrected chi connectivity index (χ0v) is 11.1. The number of hydrogen-bond donors (Lipinski definition) is 1. The fourth-order valence-corrected chi connectivity index (χ4v) is 2.18. The second kappa shape index (κ2) is 4.48. The van der Waals surface area contributed by atoms with Crippen LogP contribution in [0.15, 0.2) is 36.5 Å². The zero-order chi connectivity index (χ0) is 14.3. The first-order chi connectivity index (χ1) is 9.54. The monoisotopic (exact) mass is 272 g/mol. The first-order valence-electron chi connectivity index (χ1n) is 6.10. The van der Waals surface area contributed by atoms with Gasteiger partial charge in [0.05, 0.1) is 5.52 Å². The molecule has 2 aromatic heterocycles. The number of aromatic nitrogens is 3. The van der Waals surface area contributed by atoms with Crippen LogP contribution in [0.25, 0.3) is 10.9 Å². The number of anilines is 1. The van der Waals surface area contributed by atoms with Crippen molar-refractivity contribution in [2.45, 2.75) is 0 Å². The van der Waals surface area contributed by atoms with E-state index in [9.17, 15) is 9.18 Å². The molecule has 2 heterocycles. The van der Waals surface area contributed by atoms with Crippen molar-refractivity contribution in [3.63, 3.8) is 0 Å². The Labute approximate surface area is 114 Å². The Morgan fingerprint density at radius 1 is 1.25 bits per heavy atom. The number of nitrogens with one attached hydrogen (secondary N) is 1. The van der Waals surface area contributed by atoms with Crippen molar-refractivity contribution in [1.29, 1.82) is 0 Å². The SMILES string of the molecule is Cn1ccc(NC(=O)c2cc3ccc(F)cc3n2C)n1. The van der Waals surface area contributed by atoms with Crippen molar-refractivity contribution in [2.24, 2.45) is 14.1 Å². The Kier molecular flexibility index (Phi) is 2.78. The number of fused-ring (bicyclic) bond motifs is 1. The summed E-state index contributed by atoms with van der Waals surface area (Å²) in [5.41, 5.74) is 1.13. The average Bonchev–Trinajstić information content (AvgIpc) is 2.94. The number of halogens is 1. The maximum Gasteiger partial charge on any atom is 0.273 e. The minimum absolute atomic E-state index is 0.275. The molecule has 0 unspecified atom stereocenters. The molecule has 1 amide bonds. The maximum absolute atomic E-state index is 13.2. The molecule has 5 nitrogen and oxygen atoms in total. The molecule has 0 atom stereocenters. The van der Waals surface area contributed by atoms with Gasteiger partial charge >= 0.3 is 0 Å². The fourth-order valence-electron chi connectivity index (χ4n) is 2.18. The van der Waals surface area contributed by atoms with Gasteiger partial charge in [-0.2, -0.15) is 5.10 Å². The molecule has 3 rings (SSSR count). The molecule has 1 N–H and O–H groups in total. The topological polar surface area (TPSA) is 51.9 Å². The van der Waals surface area contributed by atoms with Gasteiger partial charge in [-0.1, -0.05) is 0 Å². The molecule has 102 valence electrons. The normalized spacial score (nSPS) is 10.9. The minimum atomic E-state index is -0.324. The van der Waals surface area contributed by atoms with E-state index in [0.29, 0.717) is 17.0 Å². The number of rotatable bonds is 2. The Morgan fingerprint density at radius 2 is 2.05 bits per heavy atom. The molecular formula is C14H13FN4O. The van der Waals surface area contributed by atoms with E-state index in [-0.39, 0.29) is 11.7 Å². The van der Waals surface area contributed by atoms with Gasteiger partial charge < -0.3 is 9.88 Å².